The molecule has 30 heavy (non-hydrogen) atoms. The van der Waals surface area contributed by atoms with Gasteiger partial charge in [-0.15, -0.1) is 0 Å². The predicted molar refractivity (Wildman–Crippen MR) is 117 cm³/mol. The molecule has 0 saturated heterocycles. The highest BCUT2D eigenvalue weighted by Gasteiger charge is 2.27. The van der Waals surface area contributed by atoms with Gasteiger partial charge in [0.05, 0.1) is 17.6 Å². The Kier molecular flexibility index (Phi) is 7.79. The molecule has 0 aromatic heterocycles. The van der Waals surface area contributed by atoms with Crippen molar-refractivity contribution in [2.45, 2.75) is 51.9 Å². The fourth-order valence-corrected chi connectivity index (χ4v) is 4.06. The first-order valence-electron chi connectivity index (χ1n) is 10.8. The number of nitrogens with zero attached hydrogens (tertiary/aromatic N) is 1. The number of allylic oxidation sites excluding steroid dienone is 1. The first-order chi connectivity index (χ1) is 14.6. The SMILES string of the molecule is CCCCC1CCC(C(=O)Oc2cccc(/C=C(/C#N)c3ccccc3F)c2)CC1. The van der Waals surface area contributed by atoms with E-state index >= 15 is 0 Å². The number of hydrogen-bond donors (Lipinski definition) is 0. The number of esters is 1. The Morgan fingerprint density at radius 2 is 1.93 bits per heavy atom. The van der Waals surface area contributed by atoms with E-state index in [2.05, 4.69) is 13.0 Å². The highest BCUT2D eigenvalue weighted by molar-refractivity contribution is 5.90. The number of benzene rings is 2. The minimum Gasteiger partial charge on any atom is -0.426 e. The minimum atomic E-state index is -0.442. The Hall–Kier alpha value is -2.93. The third kappa shape index (κ3) is 5.79. The van der Waals surface area contributed by atoms with Gasteiger partial charge in [0.1, 0.15) is 11.6 Å². The number of hydrogen-bond acceptors (Lipinski definition) is 3. The lowest BCUT2D eigenvalue weighted by Crippen LogP contribution is -2.25. The smallest absolute Gasteiger partial charge is 0.314 e. The Morgan fingerprint density at radius 1 is 1.17 bits per heavy atom. The summed E-state index contributed by atoms with van der Waals surface area (Å²) in [6, 6.07) is 15.3. The van der Waals surface area contributed by atoms with Gasteiger partial charge in [-0.25, -0.2) is 4.39 Å². The molecule has 0 aliphatic heterocycles. The monoisotopic (exact) mass is 405 g/mol. The lowest BCUT2D eigenvalue weighted by molar-refractivity contribution is -0.140. The van der Waals surface area contributed by atoms with Gasteiger partial charge in [-0.1, -0.05) is 56.5 Å². The van der Waals surface area contributed by atoms with Gasteiger partial charge in [0, 0.05) is 5.56 Å². The molecule has 2 aromatic rings. The van der Waals surface area contributed by atoms with E-state index < -0.39 is 5.82 Å². The van der Waals surface area contributed by atoms with Crippen LogP contribution in [-0.4, -0.2) is 5.97 Å². The lowest BCUT2D eigenvalue weighted by Gasteiger charge is -2.27. The number of halogens is 1. The maximum atomic E-state index is 14.0. The summed E-state index contributed by atoms with van der Waals surface area (Å²) in [4.78, 5) is 12.6. The predicted octanol–water partition coefficient (Wildman–Crippen LogP) is 6.79. The summed E-state index contributed by atoms with van der Waals surface area (Å²) in [5.74, 6) is 0.523. The van der Waals surface area contributed by atoms with Crippen LogP contribution in [0.15, 0.2) is 48.5 Å². The van der Waals surface area contributed by atoms with Crippen molar-refractivity contribution in [1.29, 1.82) is 5.26 Å². The van der Waals surface area contributed by atoms with Gasteiger partial charge in [-0.2, -0.15) is 5.26 Å². The average Bonchev–Trinajstić information content (AvgIpc) is 2.77. The van der Waals surface area contributed by atoms with Gasteiger partial charge in [0.15, 0.2) is 0 Å². The van der Waals surface area contributed by atoms with E-state index in [1.54, 1.807) is 48.5 Å². The van der Waals surface area contributed by atoms with Crippen molar-refractivity contribution in [1.82, 2.24) is 0 Å². The standard InChI is InChI=1S/C26H28FNO2/c1-2-3-7-19-12-14-21(15-13-19)26(29)30-23-9-6-8-20(17-23)16-22(18-28)24-10-4-5-11-25(24)27/h4-6,8-11,16-17,19,21H,2-3,7,12-15H2,1H3/b22-16-. The number of nitriles is 1. The van der Waals surface area contributed by atoms with Crippen LogP contribution in [0.4, 0.5) is 4.39 Å². The van der Waals surface area contributed by atoms with Crippen LogP contribution >= 0.6 is 0 Å². The second-order valence-corrected chi connectivity index (χ2v) is 8.00. The first-order valence-corrected chi connectivity index (χ1v) is 10.8. The van der Waals surface area contributed by atoms with Crippen molar-refractivity contribution >= 4 is 17.6 Å². The van der Waals surface area contributed by atoms with Gasteiger partial charge >= 0.3 is 5.97 Å². The highest BCUT2D eigenvalue weighted by Crippen LogP contribution is 2.33. The molecule has 2 aromatic carbocycles. The Morgan fingerprint density at radius 3 is 2.63 bits per heavy atom. The minimum absolute atomic E-state index is 0.0461. The Balaban J connectivity index is 1.65. The summed E-state index contributed by atoms with van der Waals surface area (Å²) in [5, 5.41) is 9.46. The van der Waals surface area contributed by atoms with Crippen molar-refractivity contribution < 1.29 is 13.9 Å². The van der Waals surface area contributed by atoms with E-state index in [0.29, 0.717) is 11.3 Å². The van der Waals surface area contributed by atoms with Crippen molar-refractivity contribution in [3.05, 3.63) is 65.5 Å². The zero-order chi connectivity index (χ0) is 21.3. The van der Waals surface area contributed by atoms with E-state index in [1.807, 2.05) is 0 Å². The molecule has 1 saturated carbocycles. The quantitative estimate of drug-likeness (QED) is 0.220. The van der Waals surface area contributed by atoms with Gasteiger partial charge in [-0.3, -0.25) is 4.79 Å². The van der Waals surface area contributed by atoms with Gasteiger partial charge < -0.3 is 4.74 Å². The molecule has 3 nitrogen and oxygen atoms in total. The number of rotatable bonds is 7. The van der Waals surface area contributed by atoms with Gasteiger partial charge in [0.25, 0.3) is 0 Å². The maximum Gasteiger partial charge on any atom is 0.314 e. The topological polar surface area (TPSA) is 50.1 Å². The van der Waals surface area contributed by atoms with E-state index in [4.69, 9.17) is 4.74 Å². The molecule has 1 fully saturated rings. The normalized spacial score (nSPS) is 19.2. The van der Waals surface area contributed by atoms with Crippen LogP contribution < -0.4 is 4.74 Å². The van der Waals surface area contributed by atoms with Crippen molar-refractivity contribution in [3.8, 4) is 11.8 Å². The molecule has 0 spiro atoms. The van der Waals surface area contributed by atoms with Crippen molar-refractivity contribution in [2.75, 3.05) is 0 Å². The molecule has 0 N–H and O–H groups in total. The summed E-state index contributed by atoms with van der Waals surface area (Å²) in [6.07, 6.45) is 9.31. The molecule has 0 atom stereocenters. The molecule has 4 heteroatoms. The van der Waals surface area contributed by atoms with E-state index in [0.717, 1.165) is 31.6 Å². The number of carbonyl (C=O) groups excluding carboxylic acids is 1. The van der Waals surface area contributed by atoms with Crippen LogP contribution in [0.25, 0.3) is 11.6 Å². The van der Waals surface area contributed by atoms with Crippen LogP contribution in [0, 0.1) is 29.0 Å². The Bertz CT molecular complexity index is 936. The van der Waals surface area contributed by atoms with Crippen LogP contribution in [0.3, 0.4) is 0 Å². The summed E-state index contributed by atoms with van der Waals surface area (Å²) >= 11 is 0. The van der Waals surface area contributed by atoms with E-state index in [-0.39, 0.29) is 23.0 Å². The molecule has 156 valence electrons. The van der Waals surface area contributed by atoms with Gasteiger partial charge in [-0.05, 0) is 61.4 Å². The third-order valence-electron chi connectivity index (χ3n) is 5.82. The molecule has 0 unspecified atom stereocenters. The summed E-state index contributed by atoms with van der Waals surface area (Å²) in [6.45, 7) is 2.21. The third-order valence-corrected chi connectivity index (χ3v) is 5.82. The Labute approximate surface area is 178 Å². The second-order valence-electron chi connectivity index (χ2n) is 8.00. The molecular weight excluding hydrogens is 377 g/mol. The van der Waals surface area contributed by atoms with Crippen molar-refractivity contribution in [3.63, 3.8) is 0 Å². The summed E-state index contributed by atoms with van der Waals surface area (Å²) < 4.78 is 19.7. The zero-order valence-corrected chi connectivity index (χ0v) is 17.4. The first kappa shape index (κ1) is 21.8. The van der Waals surface area contributed by atoms with E-state index in [1.165, 1.54) is 25.3 Å². The fraction of sp³-hybridized carbons (Fsp3) is 0.385. The van der Waals surface area contributed by atoms with Crippen LogP contribution in [0.1, 0.15) is 63.0 Å². The molecule has 0 bridgehead atoms. The number of ether oxygens (including phenoxy) is 1. The zero-order valence-electron chi connectivity index (χ0n) is 17.4. The fourth-order valence-electron chi connectivity index (χ4n) is 4.06. The molecule has 0 amide bonds. The summed E-state index contributed by atoms with van der Waals surface area (Å²) in [5.41, 5.74) is 1.16. The van der Waals surface area contributed by atoms with Crippen LogP contribution in [0.2, 0.25) is 0 Å². The number of carbonyl (C=O) groups is 1. The van der Waals surface area contributed by atoms with E-state index in [9.17, 15) is 14.4 Å². The molecule has 1 aliphatic carbocycles. The largest absolute Gasteiger partial charge is 0.426 e. The van der Waals surface area contributed by atoms with Crippen LogP contribution in [0.5, 0.6) is 5.75 Å². The number of unbranched alkanes of at least 4 members (excludes halogenated alkanes) is 1. The van der Waals surface area contributed by atoms with Gasteiger partial charge in [0.2, 0.25) is 0 Å². The summed E-state index contributed by atoms with van der Waals surface area (Å²) in [7, 11) is 0. The molecule has 3 rings (SSSR count). The highest BCUT2D eigenvalue weighted by atomic mass is 19.1. The van der Waals surface area contributed by atoms with Crippen molar-refractivity contribution in [2.24, 2.45) is 11.8 Å². The maximum absolute atomic E-state index is 14.0. The molecule has 1 aliphatic rings. The van der Waals surface area contributed by atoms with Crippen LogP contribution in [-0.2, 0) is 4.79 Å². The molecule has 0 radical (unpaired) electrons. The molecule has 0 heterocycles. The molecular formula is C26H28FNO2. The average molecular weight is 406 g/mol. The lowest BCUT2D eigenvalue weighted by atomic mass is 9.80. The second kappa shape index (κ2) is 10.7.